The van der Waals surface area contributed by atoms with E-state index in [1.807, 2.05) is 6.08 Å². The second-order valence-electron chi connectivity index (χ2n) is 9.49. The van der Waals surface area contributed by atoms with E-state index in [0.717, 1.165) is 25.7 Å². The molecule has 6 atom stereocenters. The molecule has 2 N–H and O–H groups in total. The summed E-state index contributed by atoms with van der Waals surface area (Å²) in [6, 6.07) is 0. The molecule has 4 rings (SSSR count). The monoisotopic (exact) mass is 358 g/mol. The molecule has 26 heavy (non-hydrogen) atoms. The van der Waals surface area contributed by atoms with Crippen LogP contribution >= 0.6 is 0 Å². The van der Waals surface area contributed by atoms with E-state index in [1.165, 1.54) is 5.57 Å². The quantitative estimate of drug-likeness (QED) is 0.806. The molecule has 0 saturated heterocycles. The van der Waals surface area contributed by atoms with Gasteiger partial charge in [-0.25, -0.2) is 0 Å². The van der Waals surface area contributed by atoms with E-state index in [2.05, 4.69) is 26.0 Å². The van der Waals surface area contributed by atoms with Crippen LogP contribution in [0.4, 0.5) is 0 Å². The molecule has 0 aromatic heterocycles. The van der Waals surface area contributed by atoms with Gasteiger partial charge >= 0.3 is 5.97 Å². The molecule has 142 valence electrons. The van der Waals surface area contributed by atoms with Crippen LogP contribution in [-0.2, 0) is 9.59 Å². The van der Waals surface area contributed by atoms with E-state index in [4.69, 9.17) is 0 Å². The summed E-state index contributed by atoms with van der Waals surface area (Å²) < 4.78 is 0. The first kappa shape index (κ1) is 18.0. The van der Waals surface area contributed by atoms with Crippen molar-refractivity contribution < 1.29 is 19.8 Å². The number of rotatable bonds is 3. The Kier molecular flexibility index (Phi) is 4.00. The standard InChI is InChI=1S/C22H30O4/c1-20-8-5-15(24)13-14(20)3-4-16-17(20)6-9-21(2)18(16)7-10-22(21,11-12-23)19(25)26/h3-4,13,16-18,23H,5-12H2,1-2H3,(H,25,26)/t16-,17+,18+,20+,21+,22+/m1/s1. The average Bonchev–Trinajstić information content (AvgIpc) is 2.90. The molecule has 0 heterocycles. The Morgan fingerprint density at radius 2 is 1.92 bits per heavy atom. The maximum Gasteiger partial charge on any atom is 0.310 e. The van der Waals surface area contributed by atoms with E-state index >= 15 is 0 Å². The Bertz CT molecular complexity index is 707. The molecule has 0 amide bonds. The normalized spacial score (nSPS) is 47.0. The lowest BCUT2D eigenvalue weighted by atomic mass is 9.46. The van der Waals surface area contributed by atoms with Gasteiger partial charge < -0.3 is 10.2 Å². The van der Waals surface area contributed by atoms with Gasteiger partial charge in [-0.2, -0.15) is 0 Å². The molecule has 4 aliphatic rings. The molecule has 0 aromatic carbocycles. The van der Waals surface area contributed by atoms with Crippen molar-refractivity contribution in [3.63, 3.8) is 0 Å². The number of carboxylic acid groups (broad SMARTS) is 1. The lowest BCUT2D eigenvalue weighted by Gasteiger charge is -2.57. The first-order valence-electron chi connectivity index (χ1n) is 10.1. The van der Waals surface area contributed by atoms with Crippen LogP contribution in [0.1, 0.15) is 58.8 Å². The van der Waals surface area contributed by atoms with Crippen molar-refractivity contribution in [3.05, 3.63) is 23.8 Å². The molecule has 2 fully saturated rings. The maximum atomic E-state index is 12.3. The Morgan fingerprint density at radius 1 is 1.19 bits per heavy atom. The number of allylic oxidation sites excluding steroid dienone is 4. The summed E-state index contributed by atoms with van der Waals surface area (Å²) in [7, 11) is 0. The van der Waals surface area contributed by atoms with Gasteiger partial charge in [0.25, 0.3) is 0 Å². The number of hydrogen-bond acceptors (Lipinski definition) is 3. The van der Waals surface area contributed by atoms with Crippen LogP contribution in [0.15, 0.2) is 23.8 Å². The molecular formula is C22H30O4. The molecule has 0 bridgehead atoms. The zero-order valence-corrected chi connectivity index (χ0v) is 15.8. The Labute approximate surface area is 155 Å². The van der Waals surface area contributed by atoms with Crippen molar-refractivity contribution in [3.8, 4) is 0 Å². The summed E-state index contributed by atoms with van der Waals surface area (Å²) in [4.78, 5) is 24.2. The molecule has 0 radical (unpaired) electrons. The maximum absolute atomic E-state index is 12.3. The third-order valence-electron chi connectivity index (χ3n) is 8.83. The number of carbonyl (C=O) groups is 2. The van der Waals surface area contributed by atoms with Gasteiger partial charge in [-0.1, -0.05) is 26.0 Å². The minimum Gasteiger partial charge on any atom is -0.481 e. The zero-order chi connectivity index (χ0) is 18.7. The minimum absolute atomic E-state index is 0.0418. The smallest absolute Gasteiger partial charge is 0.310 e. The Balaban J connectivity index is 1.74. The van der Waals surface area contributed by atoms with Crippen molar-refractivity contribution in [1.82, 2.24) is 0 Å². The minimum atomic E-state index is -0.801. The van der Waals surface area contributed by atoms with Gasteiger partial charge in [-0.15, -0.1) is 0 Å². The highest BCUT2D eigenvalue weighted by molar-refractivity contribution is 5.92. The predicted molar refractivity (Wildman–Crippen MR) is 98.4 cm³/mol. The van der Waals surface area contributed by atoms with Gasteiger partial charge in [0.2, 0.25) is 0 Å². The van der Waals surface area contributed by atoms with Gasteiger partial charge in [0.1, 0.15) is 0 Å². The molecule has 4 aliphatic carbocycles. The second kappa shape index (κ2) is 5.79. The van der Waals surface area contributed by atoms with E-state index in [-0.39, 0.29) is 23.2 Å². The van der Waals surface area contributed by atoms with Crippen LogP contribution in [0, 0.1) is 34.0 Å². The summed E-state index contributed by atoms with van der Waals surface area (Å²) in [5, 5.41) is 19.7. The third kappa shape index (κ3) is 2.11. The van der Waals surface area contributed by atoms with E-state index in [1.54, 1.807) is 0 Å². The van der Waals surface area contributed by atoms with Crippen LogP contribution in [0.5, 0.6) is 0 Å². The zero-order valence-electron chi connectivity index (χ0n) is 15.8. The summed E-state index contributed by atoms with van der Waals surface area (Å²) in [6.07, 6.45) is 11.6. The van der Waals surface area contributed by atoms with Crippen molar-refractivity contribution in [1.29, 1.82) is 0 Å². The number of ketones is 1. The number of aliphatic hydroxyl groups excluding tert-OH is 1. The molecule has 0 aromatic rings. The molecule has 0 spiro atoms. The molecule has 4 heteroatoms. The lowest BCUT2D eigenvalue weighted by Crippen LogP contribution is -2.53. The van der Waals surface area contributed by atoms with Crippen LogP contribution in [0.25, 0.3) is 0 Å². The van der Waals surface area contributed by atoms with E-state index in [0.29, 0.717) is 37.0 Å². The number of carbonyl (C=O) groups excluding carboxylic acids is 1. The van der Waals surface area contributed by atoms with Gasteiger partial charge in [0, 0.05) is 13.0 Å². The van der Waals surface area contributed by atoms with Gasteiger partial charge in [-0.3, -0.25) is 9.59 Å². The first-order chi connectivity index (χ1) is 12.3. The average molecular weight is 358 g/mol. The number of fused-ring (bicyclic) bond motifs is 5. The first-order valence-corrected chi connectivity index (χ1v) is 10.1. The number of aliphatic carboxylic acids is 1. The topological polar surface area (TPSA) is 74.6 Å². The SMILES string of the molecule is C[C@]12CCC(=O)C=C1C=C[C@@H]1[C@@H]2CC[C@@]2(C)[C@H]1CC[C@]2(CCO)C(=O)O. The molecule has 0 aliphatic heterocycles. The molecular weight excluding hydrogens is 328 g/mol. The predicted octanol–water partition coefficient (Wildman–Crippen LogP) is 3.75. The van der Waals surface area contributed by atoms with Gasteiger partial charge in [0.05, 0.1) is 5.41 Å². The Morgan fingerprint density at radius 3 is 2.62 bits per heavy atom. The summed E-state index contributed by atoms with van der Waals surface area (Å²) in [5.41, 5.74) is 0.150. The largest absolute Gasteiger partial charge is 0.481 e. The lowest BCUT2D eigenvalue weighted by molar-refractivity contribution is -0.163. The fourth-order valence-corrected chi connectivity index (χ4v) is 7.19. The van der Waals surface area contributed by atoms with Crippen LogP contribution < -0.4 is 0 Å². The van der Waals surface area contributed by atoms with Crippen LogP contribution in [-0.4, -0.2) is 28.6 Å². The number of aliphatic hydroxyl groups is 1. The summed E-state index contributed by atoms with van der Waals surface area (Å²) >= 11 is 0. The fourth-order valence-electron chi connectivity index (χ4n) is 7.19. The van der Waals surface area contributed by atoms with E-state index in [9.17, 15) is 19.8 Å². The number of carboxylic acids is 1. The summed E-state index contributed by atoms with van der Waals surface area (Å²) in [6.45, 7) is 4.41. The molecule has 4 nitrogen and oxygen atoms in total. The van der Waals surface area contributed by atoms with Crippen LogP contribution in [0.3, 0.4) is 0 Å². The highest BCUT2D eigenvalue weighted by Gasteiger charge is 2.66. The second-order valence-corrected chi connectivity index (χ2v) is 9.49. The highest BCUT2D eigenvalue weighted by Crippen LogP contribution is 2.69. The molecule has 2 saturated carbocycles. The van der Waals surface area contributed by atoms with Gasteiger partial charge in [-0.05, 0) is 78.8 Å². The van der Waals surface area contributed by atoms with Crippen molar-refractivity contribution in [2.45, 2.75) is 58.8 Å². The third-order valence-corrected chi connectivity index (χ3v) is 8.83. The van der Waals surface area contributed by atoms with E-state index < -0.39 is 11.4 Å². The van der Waals surface area contributed by atoms with Crippen molar-refractivity contribution in [2.24, 2.45) is 34.0 Å². The summed E-state index contributed by atoms with van der Waals surface area (Å²) in [5.74, 6) is 0.712. The Hall–Kier alpha value is -1.42. The number of hydrogen-bond donors (Lipinski definition) is 2. The van der Waals surface area contributed by atoms with Crippen molar-refractivity contribution in [2.75, 3.05) is 6.61 Å². The molecule has 0 unspecified atom stereocenters. The van der Waals surface area contributed by atoms with Crippen molar-refractivity contribution >= 4 is 11.8 Å². The van der Waals surface area contributed by atoms with Crippen LogP contribution in [0.2, 0.25) is 0 Å². The fraction of sp³-hybridized carbons (Fsp3) is 0.727. The highest BCUT2D eigenvalue weighted by atomic mass is 16.4. The van der Waals surface area contributed by atoms with Gasteiger partial charge in [0.15, 0.2) is 5.78 Å².